The summed E-state index contributed by atoms with van der Waals surface area (Å²) in [6.07, 6.45) is 0. The minimum atomic E-state index is -3.83. The number of non-ortho nitro benzene ring substituents is 1. The van der Waals surface area contributed by atoms with E-state index in [4.69, 9.17) is 0 Å². The van der Waals surface area contributed by atoms with Gasteiger partial charge in [-0.25, -0.2) is 13.2 Å². The van der Waals surface area contributed by atoms with E-state index in [1.807, 2.05) is 0 Å². The predicted octanol–water partition coefficient (Wildman–Crippen LogP) is 2.63. The SMILES string of the molecule is COC(=O)c1ccc(C)c(NS(=O)(=O)Cc2cccc([N+](=O)[O-])c2)c1. The van der Waals surface area contributed by atoms with Crippen molar-refractivity contribution in [2.75, 3.05) is 11.8 Å². The molecule has 0 bridgehead atoms. The molecule has 0 heterocycles. The first-order valence-corrected chi connectivity index (χ1v) is 8.80. The Hall–Kier alpha value is -2.94. The third-order valence-electron chi connectivity index (χ3n) is 3.40. The molecule has 0 aliphatic carbocycles. The van der Waals surface area contributed by atoms with Crippen LogP contribution in [0, 0.1) is 17.0 Å². The average Bonchev–Trinajstić information content (AvgIpc) is 2.55. The van der Waals surface area contributed by atoms with Crippen molar-refractivity contribution in [1.29, 1.82) is 0 Å². The van der Waals surface area contributed by atoms with Gasteiger partial charge in [-0.1, -0.05) is 18.2 Å². The molecule has 0 saturated carbocycles. The van der Waals surface area contributed by atoms with Gasteiger partial charge in [-0.2, -0.15) is 0 Å². The van der Waals surface area contributed by atoms with Gasteiger partial charge in [0.1, 0.15) is 0 Å². The number of ether oxygens (including phenoxy) is 1. The largest absolute Gasteiger partial charge is 0.465 e. The average molecular weight is 364 g/mol. The molecule has 25 heavy (non-hydrogen) atoms. The molecule has 0 aromatic heterocycles. The Kier molecular flexibility index (Phi) is 5.38. The molecule has 2 aromatic carbocycles. The van der Waals surface area contributed by atoms with Crippen LogP contribution in [0.4, 0.5) is 11.4 Å². The summed E-state index contributed by atoms with van der Waals surface area (Å²) in [7, 11) is -2.60. The summed E-state index contributed by atoms with van der Waals surface area (Å²) in [6.45, 7) is 1.69. The van der Waals surface area contributed by atoms with Gasteiger partial charge < -0.3 is 4.74 Å². The fourth-order valence-corrected chi connectivity index (χ4v) is 3.41. The Morgan fingerprint density at radius 3 is 2.60 bits per heavy atom. The van der Waals surface area contributed by atoms with Gasteiger partial charge in [-0.15, -0.1) is 0 Å². The Morgan fingerprint density at radius 1 is 1.24 bits per heavy atom. The molecule has 0 atom stereocenters. The lowest BCUT2D eigenvalue weighted by Gasteiger charge is -2.12. The smallest absolute Gasteiger partial charge is 0.337 e. The number of anilines is 1. The fraction of sp³-hybridized carbons (Fsp3) is 0.188. The Labute approximate surface area is 144 Å². The molecule has 132 valence electrons. The molecule has 0 fully saturated rings. The van der Waals surface area contributed by atoms with Gasteiger partial charge in [-0.05, 0) is 30.2 Å². The number of hydrogen-bond acceptors (Lipinski definition) is 6. The number of carbonyl (C=O) groups excluding carboxylic acids is 1. The van der Waals surface area contributed by atoms with Crippen molar-refractivity contribution in [3.63, 3.8) is 0 Å². The minimum absolute atomic E-state index is 0.184. The van der Waals surface area contributed by atoms with Crippen molar-refractivity contribution >= 4 is 27.4 Å². The molecule has 2 rings (SSSR count). The number of nitrogens with one attached hydrogen (secondary N) is 1. The molecule has 8 nitrogen and oxygen atoms in total. The maximum absolute atomic E-state index is 12.4. The van der Waals surface area contributed by atoms with Crippen molar-refractivity contribution in [3.8, 4) is 0 Å². The lowest BCUT2D eigenvalue weighted by Crippen LogP contribution is -2.16. The molecule has 0 aliphatic rings. The van der Waals surface area contributed by atoms with E-state index in [9.17, 15) is 23.3 Å². The van der Waals surface area contributed by atoms with E-state index in [0.29, 0.717) is 5.56 Å². The molecular formula is C16H16N2O6S. The van der Waals surface area contributed by atoms with Crippen molar-refractivity contribution in [2.45, 2.75) is 12.7 Å². The van der Waals surface area contributed by atoms with Gasteiger partial charge >= 0.3 is 5.97 Å². The summed E-state index contributed by atoms with van der Waals surface area (Å²) in [4.78, 5) is 21.8. The Morgan fingerprint density at radius 2 is 1.96 bits per heavy atom. The van der Waals surface area contributed by atoms with E-state index in [1.54, 1.807) is 13.0 Å². The maximum Gasteiger partial charge on any atom is 0.337 e. The van der Waals surface area contributed by atoms with Crippen LogP contribution in [-0.4, -0.2) is 26.4 Å². The zero-order valence-electron chi connectivity index (χ0n) is 13.6. The molecule has 0 amide bonds. The standard InChI is InChI=1S/C16H16N2O6S/c1-11-6-7-13(16(19)24-2)9-15(11)17-25(22,23)10-12-4-3-5-14(8-12)18(20)21/h3-9,17H,10H2,1-2H3. The second-order valence-corrected chi connectivity index (χ2v) is 7.03. The first kappa shape index (κ1) is 18.4. The number of nitro groups is 1. The molecule has 2 aromatic rings. The number of nitrogens with zero attached hydrogens (tertiary/aromatic N) is 1. The van der Waals surface area contributed by atoms with Crippen LogP contribution in [0.1, 0.15) is 21.5 Å². The van der Waals surface area contributed by atoms with Crippen molar-refractivity contribution in [1.82, 2.24) is 0 Å². The third-order valence-corrected chi connectivity index (χ3v) is 4.65. The number of sulfonamides is 1. The highest BCUT2D eigenvalue weighted by atomic mass is 32.2. The van der Waals surface area contributed by atoms with Crippen LogP contribution in [0.3, 0.4) is 0 Å². The minimum Gasteiger partial charge on any atom is -0.465 e. The van der Waals surface area contributed by atoms with E-state index in [2.05, 4.69) is 9.46 Å². The van der Waals surface area contributed by atoms with Crippen molar-refractivity contribution in [2.24, 2.45) is 0 Å². The van der Waals surface area contributed by atoms with Crippen LogP contribution in [0.2, 0.25) is 0 Å². The number of hydrogen-bond donors (Lipinski definition) is 1. The van der Waals surface area contributed by atoms with Crippen LogP contribution in [0.25, 0.3) is 0 Å². The lowest BCUT2D eigenvalue weighted by atomic mass is 10.1. The van der Waals surface area contributed by atoms with Gasteiger partial charge in [0.15, 0.2) is 0 Å². The third kappa shape index (κ3) is 4.77. The highest BCUT2D eigenvalue weighted by molar-refractivity contribution is 7.91. The molecule has 0 aliphatic heterocycles. The van der Waals surface area contributed by atoms with Gasteiger partial charge in [0.2, 0.25) is 10.0 Å². The van der Waals surface area contributed by atoms with E-state index in [1.165, 1.54) is 43.5 Å². The molecule has 0 radical (unpaired) electrons. The highest BCUT2D eigenvalue weighted by Crippen LogP contribution is 2.21. The van der Waals surface area contributed by atoms with Gasteiger partial charge in [-0.3, -0.25) is 14.8 Å². The predicted molar refractivity (Wildman–Crippen MR) is 91.9 cm³/mol. The first-order valence-electron chi connectivity index (χ1n) is 7.14. The second kappa shape index (κ2) is 7.31. The number of rotatable bonds is 6. The van der Waals surface area contributed by atoms with Crippen molar-refractivity contribution in [3.05, 3.63) is 69.3 Å². The first-order chi connectivity index (χ1) is 11.7. The van der Waals surface area contributed by atoms with Gasteiger partial charge in [0.25, 0.3) is 5.69 Å². The number of carbonyl (C=O) groups is 1. The summed E-state index contributed by atoms with van der Waals surface area (Å²) in [5.74, 6) is -1.02. The quantitative estimate of drug-likeness (QED) is 0.478. The van der Waals surface area contributed by atoms with E-state index < -0.39 is 26.7 Å². The zero-order chi connectivity index (χ0) is 18.6. The highest BCUT2D eigenvalue weighted by Gasteiger charge is 2.17. The van der Waals surface area contributed by atoms with Crippen LogP contribution in [-0.2, 0) is 20.5 Å². The summed E-state index contributed by atoms with van der Waals surface area (Å²) in [6, 6.07) is 9.91. The Balaban J connectivity index is 2.25. The van der Waals surface area contributed by atoms with Crippen LogP contribution >= 0.6 is 0 Å². The Bertz CT molecular complexity index is 924. The van der Waals surface area contributed by atoms with Crippen LogP contribution < -0.4 is 4.72 Å². The number of esters is 1. The summed E-state index contributed by atoms with van der Waals surface area (Å²) in [5, 5.41) is 10.8. The molecule has 0 unspecified atom stereocenters. The molecule has 1 N–H and O–H groups in total. The van der Waals surface area contributed by atoms with E-state index >= 15 is 0 Å². The molecular weight excluding hydrogens is 348 g/mol. The van der Waals surface area contributed by atoms with Crippen LogP contribution in [0.5, 0.6) is 0 Å². The summed E-state index contributed by atoms with van der Waals surface area (Å²) < 4.78 is 31.7. The number of benzene rings is 2. The van der Waals surface area contributed by atoms with E-state index in [0.717, 1.165) is 0 Å². The number of methoxy groups -OCH3 is 1. The summed E-state index contributed by atoms with van der Waals surface area (Å²) >= 11 is 0. The van der Waals surface area contributed by atoms with Crippen LogP contribution in [0.15, 0.2) is 42.5 Å². The number of nitro benzene ring substituents is 1. The van der Waals surface area contributed by atoms with Gasteiger partial charge in [0, 0.05) is 12.1 Å². The van der Waals surface area contributed by atoms with E-state index in [-0.39, 0.29) is 22.5 Å². The maximum atomic E-state index is 12.4. The lowest BCUT2D eigenvalue weighted by molar-refractivity contribution is -0.384. The molecule has 0 saturated heterocycles. The second-order valence-electron chi connectivity index (χ2n) is 5.31. The van der Waals surface area contributed by atoms with Gasteiger partial charge in [0.05, 0.1) is 29.0 Å². The fourth-order valence-electron chi connectivity index (χ4n) is 2.16. The normalized spacial score (nSPS) is 11.0. The summed E-state index contributed by atoms with van der Waals surface area (Å²) in [5.41, 5.74) is 1.17. The topological polar surface area (TPSA) is 116 Å². The molecule has 0 spiro atoms. The monoisotopic (exact) mass is 364 g/mol. The zero-order valence-corrected chi connectivity index (χ0v) is 14.4. The van der Waals surface area contributed by atoms with Crippen molar-refractivity contribution < 1.29 is 22.9 Å². The number of aryl methyl sites for hydroxylation is 1. The molecule has 9 heteroatoms.